The smallest absolute Gasteiger partial charge is 0.135 e. The van der Waals surface area contributed by atoms with Gasteiger partial charge in [0.25, 0.3) is 0 Å². The van der Waals surface area contributed by atoms with Crippen molar-refractivity contribution in [1.29, 1.82) is 0 Å². The summed E-state index contributed by atoms with van der Waals surface area (Å²) in [5.74, 6) is 0. The standard InChI is InChI=1S/C15H15NO.ClH/c16-9-3-4-11-7-8-15-13(10-11)12-5-1-2-6-14(12)17-15;/h1-2,5-8,10H,3-4,9,16H2;1H/p-1. The van der Waals surface area contributed by atoms with Crippen LogP contribution >= 0.6 is 0 Å². The Labute approximate surface area is 112 Å². The summed E-state index contributed by atoms with van der Waals surface area (Å²) in [4.78, 5) is 0. The van der Waals surface area contributed by atoms with Crippen LogP contribution < -0.4 is 18.1 Å². The molecule has 2 N–H and O–H groups in total. The molecule has 0 saturated heterocycles. The maximum absolute atomic E-state index is 5.79. The summed E-state index contributed by atoms with van der Waals surface area (Å²) in [6, 6.07) is 14.6. The van der Waals surface area contributed by atoms with Crippen molar-refractivity contribution >= 4 is 21.9 Å². The molecule has 0 amide bonds. The number of hydrogen-bond donors (Lipinski definition) is 1. The molecule has 0 atom stereocenters. The Morgan fingerprint density at radius 2 is 1.72 bits per heavy atom. The Morgan fingerprint density at radius 1 is 0.944 bits per heavy atom. The molecule has 3 heteroatoms. The van der Waals surface area contributed by atoms with Gasteiger partial charge in [-0.2, -0.15) is 0 Å². The fourth-order valence-electron chi connectivity index (χ4n) is 2.23. The number of rotatable bonds is 3. The van der Waals surface area contributed by atoms with Crippen LogP contribution in [0.25, 0.3) is 21.9 Å². The van der Waals surface area contributed by atoms with Gasteiger partial charge in [0.1, 0.15) is 11.2 Å². The Balaban J connectivity index is 0.00000120. The minimum atomic E-state index is 0. The lowest BCUT2D eigenvalue weighted by Crippen LogP contribution is -3.00. The summed E-state index contributed by atoms with van der Waals surface area (Å²) in [5, 5.41) is 2.40. The first-order chi connectivity index (χ1) is 8.38. The van der Waals surface area contributed by atoms with Crippen LogP contribution in [-0.2, 0) is 6.42 Å². The zero-order chi connectivity index (χ0) is 11.7. The first kappa shape index (κ1) is 12.9. The zero-order valence-electron chi connectivity index (χ0n) is 10.0. The molecule has 0 unspecified atom stereocenters. The van der Waals surface area contributed by atoms with E-state index in [1.807, 2.05) is 18.2 Å². The molecule has 0 fully saturated rings. The highest BCUT2D eigenvalue weighted by Gasteiger charge is 2.06. The second-order valence-corrected chi connectivity index (χ2v) is 4.32. The molecular weight excluding hydrogens is 246 g/mol. The molecule has 3 aromatic rings. The molecule has 1 aromatic heterocycles. The van der Waals surface area contributed by atoms with E-state index in [2.05, 4.69) is 24.3 Å². The Bertz CT molecular complexity index is 660. The molecule has 3 rings (SSSR count). The third-order valence-electron chi connectivity index (χ3n) is 3.11. The lowest BCUT2D eigenvalue weighted by atomic mass is 10.1. The monoisotopic (exact) mass is 260 g/mol. The van der Waals surface area contributed by atoms with E-state index >= 15 is 0 Å². The highest BCUT2D eigenvalue weighted by Crippen LogP contribution is 2.29. The van der Waals surface area contributed by atoms with E-state index in [1.54, 1.807) is 0 Å². The van der Waals surface area contributed by atoms with Crippen LogP contribution in [0, 0.1) is 0 Å². The molecule has 2 nitrogen and oxygen atoms in total. The van der Waals surface area contributed by atoms with E-state index in [9.17, 15) is 0 Å². The number of halogens is 1. The maximum atomic E-state index is 5.79. The van der Waals surface area contributed by atoms with Crippen molar-refractivity contribution in [2.75, 3.05) is 6.54 Å². The molecule has 0 aliphatic heterocycles. The summed E-state index contributed by atoms with van der Waals surface area (Å²) in [6.45, 7) is 0.740. The van der Waals surface area contributed by atoms with E-state index < -0.39 is 0 Å². The Kier molecular flexibility index (Phi) is 3.90. The summed E-state index contributed by atoms with van der Waals surface area (Å²) in [7, 11) is 0. The van der Waals surface area contributed by atoms with E-state index in [0.29, 0.717) is 0 Å². The molecule has 18 heavy (non-hydrogen) atoms. The molecule has 0 aliphatic rings. The van der Waals surface area contributed by atoms with Crippen LogP contribution in [0.1, 0.15) is 12.0 Å². The van der Waals surface area contributed by atoms with Gasteiger partial charge in [-0.3, -0.25) is 0 Å². The summed E-state index contributed by atoms with van der Waals surface area (Å²) in [6.07, 6.45) is 2.06. The Hall–Kier alpha value is -1.51. The minimum Gasteiger partial charge on any atom is -1.00 e. The number of furan rings is 1. The van der Waals surface area contributed by atoms with Gasteiger partial charge in [-0.05, 0) is 43.1 Å². The Morgan fingerprint density at radius 3 is 2.56 bits per heavy atom. The minimum absolute atomic E-state index is 0. The lowest BCUT2D eigenvalue weighted by molar-refractivity contribution is -0.00000391. The first-order valence-electron chi connectivity index (χ1n) is 5.99. The molecule has 0 saturated carbocycles. The van der Waals surface area contributed by atoms with Crippen molar-refractivity contribution in [3.8, 4) is 0 Å². The predicted molar refractivity (Wildman–Crippen MR) is 71.1 cm³/mol. The third kappa shape index (κ3) is 2.22. The van der Waals surface area contributed by atoms with Gasteiger partial charge < -0.3 is 22.6 Å². The predicted octanol–water partition coefficient (Wildman–Crippen LogP) is 0.481. The summed E-state index contributed by atoms with van der Waals surface area (Å²) in [5.41, 5.74) is 8.79. The van der Waals surface area contributed by atoms with Gasteiger partial charge in [0, 0.05) is 10.8 Å². The largest absolute Gasteiger partial charge is 1.00 e. The maximum Gasteiger partial charge on any atom is 0.135 e. The van der Waals surface area contributed by atoms with Gasteiger partial charge in [-0.25, -0.2) is 0 Å². The van der Waals surface area contributed by atoms with Crippen molar-refractivity contribution in [3.05, 3.63) is 48.0 Å². The van der Waals surface area contributed by atoms with Gasteiger partial charge in [0.15, 0.2) is 0 Å². The van der Waals surface area contributed by atoms with Crippen LogP contribution in [0.2, 0.25) is 0 Å². The lowest BCUT2D eigenvalue weighted by Gasteiger charge is -1.99. The molecular formula is C15H15ClNO-. The van der Waals surface area contributed by atoms with Gasteiger partial charge in [0.05, 0.1) is 0 Å². The quantitative estimate of drug-likeness (QED) is 0.744. The normalized spacial score (nSPS) is 10.7. The highest BCUT2D eigenvalue weighted by atomic mass is 35.5. The number of fused-ring (bicyclic) bond motifs is 3. The number of hydrogen-bond acceptors (Lipinski definition) is 2. The van der Waals surface area contributed by atoms with E-state index in [-0.39, 0.29) is 12.4 Å². The fraction of sp³-hybridized carbons (Fsp3) is 0.200. The van der Waals surface area contributed by atoms with Crippen LogP contribution in [0.5, 0.6) is 0 Å². The van der Waals surface area contributed by atoms with E-state index in [4.69, 9.17) is 10.2 Å². The first-order valence-corrected chi connectivity index (χ1v) is 5.99. The van der Waals surface area contributed by atoms with E-state index in [0.717, 1.165) is 30.6 Å². The van der Waals surface area contributed by atoms with Gasteiger partial charge in [0.2, 0.25) is 0 Å². The van der Waals surface area contributed by atoms with E-state index in [1.165, 1.54) is 16.3 Å². The number of aryl methyl sites for hydroxylation is 1. The number of para-hydroxylation sites is 1. The second kappa shape index (κ2) is 5.42. The van der Waals surface area contributed by atoms with Crippen molar-refractivity contribution in [1.82, 2.24) is 0 Å². The topological polar surface area (TPSA) is 39.2 Å². The number of nitrogens with two attached hydrogens (primary N) is 1. The molecule has 0 aliphatic carbocycles. The second-order valence-electron chi connectivity index (χ2n) is 4.32. The molecule has 0 bridgehead atoms. The van der Waals surface area contributed by atoms with Gasteiger partial charge >= 0.3 is 0 Å². The molecule has 2 aromatic carbocycles. The van der Waals surface area contributed by atoms with Crippen molar-refractivity contribution < 1.29 is 16.8 Å². The van der Waals surface area contributed by atoms with Crippen molar-refractivity contribution in [3.63, 3.8) is 0 Å². The van der Waals surface area contributed by atoms with Crippen molar-refractivity contribution in [2.45, 2.75) is 12.8 Å². The third-order valence-corrected chi connectivity index (χ3v) is 3.11. The van der Waals surface area contributed by atoms with Gasteiger partial charge in [-0.1, -0.05) is 24.3 Å². The average Bonchev–Trinajstić information content (AvgIpc) is 2.74. The molecule has 94 valence electrons. The number of benzene rings is 2. The van der Waals surface area contributed by atoms with Crippen LogP contribution in [0.3, 0.4) is 0 Å². The van der Waals surface area contributed by atoms with Crippen LogP contribution in [0.4, 0.5) is 0 Å². The zero-order valence-corrected chi connectivity index (χ0v) is 10.8. The molecule has 1 heterocycles. The highest BCUT2D eigenvalue weighted by molar-refractivity contribution is 6.04. The SMILES string of the molecule is NCCCc1ccc2oc3ccccc3c2c1.[Cl-]. The van der Waals surface area contributed by atoms with Crippen molar-refractivity contribution in [2.24, 2.45) is 5.73 Å². The summed E-state index contributed by atoms with van der Waals surface area (Å²) >= 11 is 0. The summed E-state index contributed by atoms with van der Waals surface area (Å²) < 4.78 is 5.79. The molecule has 0 spiro atoms. The van der Waals surface area contributed by atoms with Crippen LogP contribution in [-0.4, -0.2) is 6.54 Å². The fourth-order valence-corrected chi connectivity index (χ4v) is 2.23. The molecule has 0 radical (unpaired) electrons. The van der Waals surface area contributed by atoms with Crippen LogP contribution in [0.15, 0.2) is 46.9 Å². The van der Waals surface area contributed by atoms with Gasteiger partial charge in [-0.15, -0.1) is 0 Å². The average molecular weight is 261 g/mol.